The lowest BCUT2D eigenvalue weighted by molar-refractivity contribution is -0.137. The zero-order valence-electron chi connectivity index (χ0n) is 9.97. The van der Waals surface area contributed by atoms with Crippen molar-refractivity contribution in [1.82, 2.24) is 5.32 Å². The third-order valence-electron chi connectivity index (χ3n) is 2.69. The van der Waals surface area contributed by atoms with E-state index in [-0.39, 0.29) is 10.6 Å². The van der Waals surface area contributed by atoms with E-state index in [1.807, 2.05) is 0 Å². The van der Waals surface area contributed by atoms with Crippen molar-refractivity contribution >= 4 is 15.9 Å². The molecule has 0 aromatic heterocycles. The molecule has 1 aromatic carbocycles. The minimum absolute atomic E-state index is 0.0806. The molecule has 0 amide bonds. The topological polar surface area (TPSA) is 30.5 Å². The minimum Gasteiger partial charge on any atom is -0.490 e. The van der Waals surface area contributed by atoms with Crippen molar-refractivity contribution in [3.8, 4) is 5.75 Å². The number of alkyl halides is 3. The lowest BCUT2D eigenvalue weighted by atomic mass is 10.2. The second kappa shape index (κ2) is 6.11. The van der Waals surface area contributed by atoms with Crippen molar-refractivity contribution in [3.63, 3.8) is 0 Å². The molecule has 7 heteroatoms. The fourth-order valence-corrected chi connectivity index (χ4v) is 2.20. The molecule has 0 spiro atoms. The standard InChI is InChI=1S/C12H13BrF3NO2/c13-10-5-8(12(14,15)16)1-2-11(10)19-7-9-6-17-3-4-18-9/h1-2,5,9,17H,3-4,6-7H2. The van der Waals surface area contributed by atoms with Crippen molar-refractivity contribution in [2.24, 2.45) is 0 Å². The number of rotatable bonds is 3. The van der Waals surface area contributed by atoms with Gasteiger partial charge in [-0.25, -0.2) is 0 Å². The molecule has 1 N–H and O–H groups in total. The van der Waals surface area contributed by atoms with Crippen molar-refractivity contribution in [2.45, 2.75) is 12.3 Å². The van der Waals surface area contributed by atoms with Crippen LogP contribution in [-0.2, 0) is 10.9 Å². The highest BCUT2D eigenvalue weighted by Gasteiger charge is 2.31. The van der Waals surface area contributed by atoms with Crippen molar-refractivity contribution < 1.29 is 22.6 Å². The summed E-state index contributed by atoms with van der Waals surface area (Å²) >= 11 is 3.08. The molecular formula is C12H13BrF3NO2. The molecule has 19 heavy (non-hydrogen) atoms. The van der Waals surface area contributed by atoms with E-state index in [9.17, 15) is 13.2 Å². The Hall–Kier alpha value is -0.790. The molecule has 1 atom stereocenters. The molecule has 1 fully saturated rings. The Morgan fingerprint density at radius 1 is 1.42 bits per heavy atom. The van der Waals surface area contributed by atoms with Crippen LogP contribution >= 0.6 is 15.9 Å². The highest BCUT2D eigenvalue weighted by atomic mass is 79.9. The Bertz CT molecular complexity index is 433. The third kappa shape index (κ3) is 4.09. The Balaban J connectivity index is 1.97. The summed E-state index contributed by atoms with van der Waals surface area (Å²) in [7, 11) is 0. The summed E-state index contributed by atoms with van der Waals surface area (Å²) in [6.45, 7) is 2.40. The van der Waals surface area contributed by atoms with Gasteiger partial charge in [-0.1, -0.05) is 0 Å². The fourth-order valence-electron chi connectivity index (χ4n) is 1.70. The van der Waals surface area contributed by atoms with Gasteiger partial charge in [0.25, 0.3) is 0 Å². The van der Waals surface area contributed by atoms with E-state index in [0.717, 1.165) is 18.7 Å². The summed E-state index contributed by atoms with van der Waals surface area (Å²) in [5, 5.41) is 3.15. The molecular weight excluding hydrogens is 327 g/mol. The van der Waals surface area contributed by atoms with E-state index >= 15 is 0 Å². The summed E-state index contributed by atoms with van der Waals surface area (Å²) < 4.78 is 48.6. The van der Waals surface area contributed by atoms with E-state index in [4.69, 9.17) is 9.47 Å². The summed E-state index contributed by atoms with van der Waals surface area (Å²) in [5.74, 6) is 0.377. The van der Waals surface area contributed by atoms with E-state index < -0.39 is 11.7 Å². The second-order valence-electron chi connectivity index (χ2n) is 4.15. The van der Waals surface area contributed by atoms with E-state index in [1.54, 1.807) is 0 Å². The van der Waals surface area contributed by atoms with E-state index in [2.05, 4.69) is 21.2 Å². The monoisotopic (exact) mass is 339 g/mol. The normalized spacial score (nSPS) is 20.3. The van der Waals surface area contributed by atoms with Crippen LogP contribution in [0, 0.1) is 0 Å². The van der Waals surface area contributed by atoms with Gasteiger partial charge in [0.05, 0.1) is 16.6 Å². The Kier molecular flexibility index (Phi) is 4.70. The van der Waals surface area contributed by atoms with Crippen LogP contribution in [0.2, 0.25) is 0 Å². The SMILES string of the molecule is FC(F)(F)c1ccc(OCC2CNCCO2)c(Br)c1. The zero-order chi connectivity index (χ0) is 13.9. The molecule has 2 rings (SSSR count). The highest BCUT2D eigenvalue weighted by molar-refractivity contribution is 9.10. The average molecular weight is 340 g/mol. The molecule has 1 unspecified atom stereocenters. The number of ether oxygens (including phenoxy) is 2. The van der Waals surface area contributed by atoms with Gasteiger partial charge in [-0.15, -0.1) is 0 Å². The summed E-state index contributed by atoms with van der Waals surface area (Å²) in [4.78, 5) is 0. The first-order valence-corrected chi connectivity index (χ1v) is 6.58. The molecule has 0 bridgehead atoms. The van der Waals surface area contributed by atoms with Crippen LogP contribution < -0.4 is 10.1 Å². The lowest BCUT2D eigenvalue weighted by Gasteiger charge is -2.24. The molecule has 0 radical (unpaired) electrons. The summed E-state index contributed by atoms with van der Waals surface area (Å²) in [6, 6.07) is 3.32. The van der Waals surface area contributed by atoms with Crippen LogP contribution in [0.1, 0.15) is 5.56 Å². The van der Waals surface area contributed by atoms with Crippen molar-refractivity contribution in [3.05, 3.63) is 28.2 Å². The Labute approximate surface area is 117 Å². The molecule has 0 aliphatic carbocycles. The zero-order valence-corrected chi connectivity index (χ0v) is 11.6. The van der Waals surface area contributed by atoms with Gasteiger partial charge in [0.1, 0.15) is 18.5 Å². The predicted octanol–water partition coefficient (Wildman–Crippen LogP) is 2.84. The minimum atomic E-state index is -4.35. The molecule has 1 saturated heterocycles. The maximum absolute atomic E-state index is 12.5. The number of benzene rings is 1. The number of hydrogen-bond acceptors (Lipinski definition) is 3. The van der Waals surface area contributed by atoms with E-state index in [0.29, 0.717) is 25.5 Å². The molecule has 1 aliphatic heterocycles. The van der Waals surface area contributed by atoms with Gasteiger partial charge in [-0.3, -0.25) is 0 Å². The smallest absolute Gasteiger partial charge is 0.416 e. The first-order chi connectivity index (χ1) is 8.97. The van der Waals surface area contributed by atoms with Crippen LogP contribution in [-0.4, -0.2) is 32.4 Å². The summed E-state index contributed by atoms with van der Waals surface area (Å²) in [5.41, 5.74) is -0.706. The largest absolute Gasteiger partial charge is 0.490 e. The molecule has 3 nitrogen and oxygen atoms in total. The molecule has 1 heterocycles. The molecule has 1 aliphatic rings. The van der Waals surface area contributed by atoms with Gasteiger partial charge >= 0.3 is 6.18 Å². The van der Waals surface area contributed by atoms with Crippen LogP contribution in [0.5, 0.6) is 5.75 Å². The van der Waals surface area contributed by atoms with Gasteiger partial charge < -0.3 is 14.8 Å². The molecule has 0 saturated carbocycles. The van der Waals surface area contributed by atoms with Gasteiger partial charge in [0.2, 0.25) is 0 Å². The van der Waals surface area contributed by atoms with Crippen LogP contribution in [0.25, 0.3) is 0 Å². The van der Waals surface area contributed by atoms with Gasteiger partial charge in [0.15, 0.2) is 0 Å². The van der Waals surface area contributed by atoms with Gasteiger partial charge in [0, 0.05) is 13.1 Å². The predicted molar refractivity (Wildman–Crippen MR) is 67.2 cm³/mol. The maximum Gasteiger partial charge on any atom is 0.416 e. The Morgan fingerprint density at radius 3 is 2.79 bits per heavy atom. The number of halogens is 4. The molecule has 106 valence electrons. The lowest BCUT2D eigenvalue weighted by Crippen LogP contribution is -2.41. The Morgan fingerprint density at radius 2 is 2.21 bits per heavy atom. The third-order valence-corrected chi connectivity index (χ3v) is 3.31. The maximum atomic E-state index is 12.5. The van der Waals surface area contributed by atoms with E-state index in [1.165, 1.54) is 6.07 Å². The second-order valence-corrected chi connectivity index (χ2v) is 5.01. The first kappa shape index (κ1) is 14.6. The van der Waals surface area contributed by atoms with Crippen molar-refractivity contribution in [2.75, 3.05) is 26.3 Å². The van der Waals surface area contributed by atoms with Crippen molar-refractivity contribution in [1.29, 1.82) is 0 Å². The fraction of sp³-hybridized carbons (Fsp3) is 0.500. The van der Waals surface area contributed by atoms with Crippen LogP contribution in [0.4, 0.5) is 13.2 Å². The number of nitrogens with one attached hydrogen (secondary N) is 1. The highest BCUT2D eigenvalue weighted by Crippen LogP contribution is 2.34. The summed E-state index contributed by atoms with van der Waals surface area (Å²) in [6.07, 6.45) is -4.43. The average Bonchev–Trinajstić information content (AvgIpc) is 2.37. The van der Waals surface area contributed by atoms with Gasteiger partial charge in [-0.05, 0) is 34.1 Å². The van der Waals surface area contributed by atoms with Gasteiger partial charge in [-0.2, -0.15) is 13.2 Å². The van der Waals surface area contributed by atoms with Crippen LogP contribution in [0.3, 0.4) is 0 Å². The quantitative estimate of drug-likeness (QED) is 0.918. The van der Waals surface area contributed by atoms with Crippen LogP contribution in [0.15, 0.2) is 22.7 Å². The first-order valence-electron chi connectivity index (χ1n) is 5.78. The number of morpholine rings is 1. The molecule has 1 aromatic rings. The number of hydrogen-bond donors (Lipinski definition) is 1.